The van der Waals surface area contributed by atoms with Crippen LogP contribution in [0.25, 0.3) is 0 Å². The van der Waals surface area contributed by atoms with E-state index in [0.717, 1.165) is 0 Å². The third-order valence-electron chi connectivity index (χ3n) is 1.99. The highest BCUT2D eigenvalue weighted by Gasteiger charge is 2.03. The smallest absolute Gasteiger partial charge is 0.251 e. The highest BCUT2D eigenvalue weighted by atomic mass is 16.1. The zero-order valence-corrected chi connectivity index (χ0v) is 9.08. The van der Waals surface area contributed by atoms with Gasteiger partial charge < -0.3 is 5.32 Å². The Labute approximate surface area is 95.1 Å². The molecule has 1 aromatic carbocycles. The summed E-state index contributed by atoms with van der Waals surface area (Å²) in [7, 11) is 0. The van der Waals surface area contributed by atoms with Crippen LogP contribution < -0.4 is 5.32 Å². The molecule has 0 unspecified atom stereocenters. The third kappa shape index (κ3) is 3.48. The van der Waals surface area contributed by atoms with Gasteiger partial charge in [0.1, 0.15) is 0 Å². The Hall–Kier alpha value is -2.26. The van der Waals surface area contributed by atoms with Crippen molar-refractivity contribution in [2.75, 3.05) is 6.54 Å². The quantitative estimate of drug-likeness (QED) is 0.612. The van der Waals surface area contributed by atoms with Gasteiger partial charge in [0.15, 0.2) is 0 Å². The molecule has 0 spiro atoms. The number of nitrogens with zero attached hydrogens (tertiary/aromatic N) is 1. The van der Waals surface area contributed by atoms with Gasteiger partial charge in [0.05, 0.1) is 11.6 Å². The largest absolute Gasteiger partial charge is 0.351 e. The molecule has 0 heterocycles. The number of carbonyl (C=O) groups is 1. The lowest BCUT2D eigenvalue weighted by molar-refractivity contribution is 0.0954. The fraction of sp³-hybridized carbons (Fsp3) is 0.231. The Morgan fingerprint density at radius 1 is 1.38 bits per heavy atom. The second kappa shape index (κ2) is 6.27. The van der Waals surface area contributed by atoms with Gasteiger partial charge in [-0.1, -0.05) is 0 Å². The molecule has 0 saturated carbocycles. The van der Waals surface area contributed by atoms with Crippen molar-refractivity contribution >= 4 is 5.91 Å². The first-order valence-corrected chi connectivity index (χ1v) is 4.96. The molecular formula is C13H12N2O. The predicted molar refractivity (Wildman–Crippen MR) is 61.6 cm³/mol. The van der Waals surface area contributed by atoms with Gasteiger partial charge in [-0.3, -0.25) is 4.79 Å². The summed E-state index contributed by atoms with van der Waals surface area (Å²) in [5.74, 6) is 5.49. The average molecular weight is 212 g/mol. The minimum absolute atomic E-state index is 0.137. The lowest BCUT2D eigenvalue weighted by atomic mass is 10.1. The van der Waals surface area contributed by atoms with Crippen molar-refractivity contribution < 1.29 is 4.79 Å². The van der Waals surface area contributed by atoms with E-state index in [4.69, 9.17) is 5.26 Å². The molecule has 0 atom stereocenters. The predicted octanol–water partition coefficient (Wildman–Crippen LogP) is 1.70. The molecule has 16 heavy (non-hydrogen) atoms. The van der Waals surface area contributed by atoms with E-state index < -0.39 is 0 Å². The van der Waals surface area contributed by atoms with Gasteiger partial charge in [-0.25, -0.2) is 0 Å². The minimum atomic E-state index is -0.137. The highest BCUT2D eigenvalue weighted by Crippen LogP contribution is 2.02. The molecule has 1 rings (SSSR count). The van der Waals surface area contributed by atoms with E-state index in [2.05, 4.69) is 17.2 Å². The molecular weight excluding hydrogens is 200 g/mol. The Kier molecular flexibility index (Phi) is 4.63. The Morgan fingerprint density at radius 3 is 2.62 bits per heavy atom. The molecule has 0 fully saturated rings. The minimum Gasteiger partial charge on any atom is -0.351 e. The van der Waals surface area contributed by atoms with Crippen molar-refractivity contribution in [3.63, 3.8) is 0 Å². The molecule has 0 bridgehead atoms. The molecule has 0 aliphatic heterocycles. The summed E-state index contributed by atoms with van der Waals surface area (Å²) in [6.45, 7) is 2.31. The number of hydrogen-bond acceptors (Lipinski definition) is 2. The van der Waals surface area contributed by atoms with Gasteiger partial charge in [0.2, 0.25) is 0 Å². The van der Waals surface area contributed by atoms with Gasteiger partial charge in [0, 0.05) is 18.5 Å². The first kappa shape index (κ1) is 11.8. The molecule has 1 aromatic rings. The summed E-state index contributed by atoms with van der Waals surface area (Å²) in [5, 5.41) is 11.3. The van der Waals surface area contributed by atoms with Gasteiger partial charge in [0.25, 0.3) is 5.91 Å². The van der Waals surface area contributed by atoms with E-state index in [9.17, 15) is 4.79 Å². The van der Waals surface area contributed by atoms with Crippen LogP contribution in [0, 0.1) is 23.2 Å². The fourth-order valence-electron chi connectivity index (χ4n) is 1.16. The molecule has 0 saturated heterocycles. The van der Waals surface area contributed by atoms with Crippen molar-refractivity contribution in [2.45, 2.75) is 13.3 Å². The van der Waals surface area contributed by atoms with Crippen LogP contribution in [0.15, 0.2) is 24.3 Å². The number of amides is 1. The molecule has 3 nitrogen and oxygen atoms in total. The van der Waals surface area contributed by atoms with Crippen molar-refractivity contribution in [1.82, 2.24) is 5.32 Å². The van der Waals surface area contributed by atoms with E-state index in [1.165, 1.54) is 0 Å². The van der Waals surface area contributed by atoms with E-state index in [-0.39, 0.29) is 5.91 Å². The molecule has 80 valence electrons. The molecule has 0 radical (unpaired) electrons. The first-order chi connectivity index (χ1) is 7.77. The summed E-state index contributed by atoms with van der Waals surface area (Å²) in [6, 6.07) is 8.53. The average Bonchev–Trinajstić information content (AvgIpc) is 2.34. The fourth-order valence-corrected chi connectivity index (χ4v) is 1.16. The van der Waals surface area contributed by atoms with Crippen LogP contribution in [0.3, 0.4) is 0 Å². The van der Waals surface area contributed by atoms with Crippen LogP contribution in [0.2, 0.25) is 0 Å². The summed E-state index contributed by atoms with van der Waals surface area (Å²) >= 11 is 0. The zero-order valence-electron chi connectivity index (χ0n) is 9.08. The maximum atomic E-state index is 11.6. The Morgan fingerprint density at radius 2 is 2.06 bits per heavy atom. The maximum Gasteiger partial charge on any atom is 0.251 e. The van der Waals surface area contributed by atoms with Crippen LogP contribution in [0.4, 0.5) is 0 Å². The first-order valence-electron chi connectivity index (χ1n) is 4.96. The molecule has 1 amide bonds. The second-order valence-corrected chi connectivity index (χ2v) is 3.12. The molecule has 1 N–H and O–H groups in total. The Balaban J connectivity index is 2.52. The summed E-state index contributed by atoms with van der Waals surface area (Å²) in [4.78, 5) is 11.6. The van der Waals surface area contributed by atoms with Crippen molar-refractivity contribution in [3.8, 4) is 17.9 Å². The highest BCUT2D eigenvalue weighted by molar-refractivity contribution is 5.94. The van der Waals surface area contributed by atoms with Crippen LogP contribution in [0.5, 0.6) is 0 Å². The second-order valence-electron chi connectivity index (χ2n) is 3.12. The SMILES string of the molecule is CC#CCCNC(=O)c1ccc(C#N)cc1. The number of rotatable bonds is 3. The van der Waals surface area contributed by atoms with Crippen molar-refractivity contribution in [1.29, 1.82) is 5.26 Å². The monoisotopic (exact) mass is 212 g/mol. The lowest BCUT2D eigenvalue weighted by Crippen LogP contribution is -2.24. The maximum absolute atomic E-state index is 11.6. The van der Waals surface area contributed by atoms with E-state index >= 15 is 0 Å². The van der Waals surface area contributed by atoms with Gasteiger partial charge >= 0.3 is 0 Å². The number of benzene rings is 1. The normalized spacial score (nSPS) is 8.50. The molecule has 3 heteroatoms. The number of carbonyl (C=O) groups excluding carboxylic acids is 1. The van der Waals surface area contributed by atoms with Crippen molar-refractivity contribution in [3.05, 3.63) is 35.4 Å². The third-order valence-corrected chi connectivity index (χ3v) is 1.99. The van der Waals surface area contributed by atoms with Crippen LogP contribution in [-0.2, 0) is 0 Å². The summed E-state index contributed by atoms with van der Waals surface area (Å²) < 4.78 is 0. The summed E-state index contributed by atoms with van der Waals surface area (Å²) in [5.41, 5.74) is 1.11. The van der Waals surface area contributed by atoms with E-state index in [1.807, 2.05) is 6.07 Å². The standard InChI is InChI=1S/C13H12N2O/c1-2-3-4-9-15-13(16)12-7-5-11(10-14)6-8-12/h5-8H,4,9H2,1H3,(H,15,16). The number of nitriles is 1. The van der Waals surface area contributed by atoms with Crippen LogP contribution in [-0.4, -0.2) is 12.5 Å². The van der Waals surface area contributed by atoms with Crippen molar-refractivity contribution in [2.24, 2.45) is 0 Å². The molecule has 0 aromatic heterocycles. The zero-order chi connectivity index (χ0) is 11.8. The number of hydrogen-bond donors (Lipinski definition) is 1. The molecule has 0 aliphatic carbocycles. The van der Waals surface area contributed by atoms with Gasteiger partial charge in [-0.05, 0) is 31.2 Å². The van der Waals surface area contributed by atoms with Gasteiger partial charge in [-0.15, -0.1) is 11.8 Å². The molecule has 0 aliphatic rings. The summed E-state index contributed by atoms with van der Waals surface area (Å²) in [6.07, 6.45) is 0.651. The topological polar surface area (TPSA) is 52.9 Å². The van der Waals surface area contributed by atoms with Crippen LogP contribution >= 0.6 is 0 Å². The van der Waals surface area contributed by atoms with E-state index in [0.29, 0.717) is 24.1 Å². The lowest BCUT2D eigenvalue weighted by Gasteiger charge is -2.02. The van der Waals surface area contributed by atoms with Crippen LogP contribution in [0.1, 0.15) is 29.3 Å². The Bertz CT molecular complexity index is 457. The van der Waals surface area contributed by atoms with E-state index in [1.54, 1.807) is 31.2 Å². The van der Waals surface area contributed by atoms with Gasteiger partial charge in [-0.2, -0.15) is 5.26 Å². The number of nitrogens with one attached hydrogen (secondary N) is 1.